The summed E-state index contributed by atoms with van der Waals surface area (Å²) in [5.41, 5.74) is 8.77. The van der Waals surface area contributed by atoms with Gasteiger partial charge < -0.3 is 11.1 Å². The Morgan fingerprint density at radius 3 is 2.56 bits per heavy atom. The van der Waals surface area contributed by atoms with Crippen molar-refractivity contribution in [2.24, 2.45) is 10.8 Å². The molecular formula is C17H14ClN5OS. The summed E-state index contributed by atoms with van der Waals surface area (Å²) < 4.78 is 0. The third kappa shape index (κ3) is 5.28. The molecule has 1 atom stereocenters. The van der Waals surface area contributed by atoms with Gasteiger partial charge in [0.25, 0.3) is 5.91 Å². The summed E-state index contributed by atoms with van der Waals surface area (Å²) >= 11 is 10.6. The lowest BCUT2D eigenvalue weighted by molar-refractivity contribution is -0.110. The van der Waals surface area contributed by atoms with E-state index in [1.54, 1.807) is 48.5 Å². The van der Waals surface area contributed by atoms with Gasteiger partial charge in [-0.1, -0.05) is 48.0 Å². The van der Waals surface area contributed by atoms with Crippen LogP contribution in [-0.2, 0) is 4.79 Å². The molecule has 4 N–H and O–H groups in total. The van der Waals surface area contributed by atoms with E-state index in [1.807, 2.05) is 6.07 Å². The predicted molar refractivity (Wildman–Crippen MR) is 102 cm³/mol. The van der Waals surface area contributed by atoms with Gasteiger partial charge in [-0.05, 0) is 36.0 Å². The maximum absolute atomic E-state index is 12.6. The number of benzene rings is 2. The molecule has 8 heteroatoms. The highest BCUT2D eigenvalue weighted by Crippen LogP contribution is 2.19. The van der Waals surface area contributed by atoms with E-state index < -0.39 is 11.8 Å². The third-order valence-electron chi connectivity index (χ3n) is 3.14. The number of nitrogens with two attached hydrogens (primary N) is 1. The average Bonchev–Trinajstić information content (AvgIpc) is 2.59. The first-order valence-electron chi connectivity index (χ1n) is 7.15. The van der Waals surface area contributed by atoms with Crippen LogP contribution in [0.4, 0.5) is 5.69 Å². The highest BCUT2D eigenvalue weighted by molar-refractivity contribution is 7.80. The molecule has 2 rings (SSSR count). The van der Waals surface area contributed by atoms with Crippen LogP contribution < -0.4 is 16.5 Å². The standard InChI is InChI=1S/C17H14ClN5OS/c18-12-7-4-8-13(9-12)21-16(24)15(22-23-17(20)25)14(10-19)11-5-2-1-3-6-11/h1-9,14H,(H,21,24)(H3,20,23,25)/b22-15-/t14-/m0/s1. The van der Waals surface area contributed by atoms with Gasteiger partial charge in [0, 0.05) is 10.7 Å². The lowest BCUT2D eigenvalue weighted by atomic mass is 9.95. The summed E-state index contributed by atoms with van der Waals surface area (Å²) in [6, 6.07) is 17.5. The summed E-state index contributed by atoms with van der Waals surface area (Å²) in [5, 5.41) is 16.5. The van der Waals surface area contributed by atoms with Crippen molar-refractivity contribution in [2.75, 3.05) is 5.32 Å². The van der Waals surface area contributed by atoms with Crippen molar-refractivity contribution in [1.82, 2.24) is 5.43 Å². The SMILES string of the molecule is N#C[C@H](/C(=N/NC(N)=S)C(=O)Nc1cccc(Cl)c1)c1ccccc1. The fraction of sp³-hybridized carbons (Fsp3) is 0.0588. The molecule has 0 radical (unpaired) electrons. The minimum absolute atomic E-state index is 0.0681. The Labute approximate surface area is 155 Å². The monoisotopic (exact) mass is 371 g/mol. The number of hydrogen-bond donors (Lipinski definition) is 3. The quantitative estimate of drug-likeness (QED) is 0.426. The van der Waals surface area contributed by atoms with E-state index in [0.717, 1.165) is 0 Å². The molecule has 0 saturated carbocycles. The second kappa shape index (κ2) is 8.78. The normalized spacial score (nSPS) is 11.9. The molecule has 0 unspecified atom stereocenters. The largest absolute Gasteiger partial charge is 0.375 e. The Hall–Kier alpha value is -2.95. The van der Waals surface area contributed by atoms with Crippen LogP contribution in [0.25, 0.3) is 0 Å². The van der Waals surface area contributed by atoms with Crippen LogP contribution in [0.3, 0.4) is 0 Å². The molecule has 2 aromatic carbocycles. The van der Waals surface area contributed by atoms with Gasteiger partial charge in [-0.3, -0.25) is 10.2 Å². The predicted octanol–water partition coefficient (Wildman–Crippen LogP) is 2.78. The number of rotatable bonds is 5. The number of thiocarbonyl (C=S) groups is 1. The third-order valence-corrected chi connectivity index (χ3v) is 3.46. The summed E-state index contributed by atoms with van der Waals surface area (Å²) in [7, 11) is 0. The smallest absolute Gasteiger partial charge is 0.273 e. The number of nitrogens with one attached hydrogen (secondary N) is 2. The van der Waals surface area contributed by atoms with E-state index in [2.05, 4.69) is 21.9 Å². The Morgan fingerprint density at radius 1 is 1.24 bits per heavy atom. The number of carbonyl (C=O) groups excluding carboxylic acids is 1. The Balaban J connectivity index is 2.35. The molecule has 0 aliphatic heterocycles. The van der Waals surface area contributed by atoms with E-state index in [-0.39, 0.29) is 10.8 Å². The summed E-state index contributed by atoms with van der Waals surface area (Å²) in [6.45, 7) is 0. The molecule has 0 fully saturated rings. The molecule has 0 bridgehead atoms. The minimum atomic E-state index is -0.901. The first-order chi connectivity index (χ1) is 12.0. The Morgan fingerprint density at radius 2 is 1.96 bits per heavy atom. The van der Waals surface area contributed by atoms with E-state index in [4.69, 9.17) is 29.6 Å². The molecule has 1 amide bonds. The van der Waals surface area contributed by atoms with Crippen LogP contribution in [0, 0.1) is 11.3 Å². The van der Waals surface area contributed by atoms with Crippen molar-refractivity contribution in [2.45, 2.75) is 5.92 Å². The van der Waals surface area contributed by atoms with Crippen molar-refractivity contribution >= 4 is 46.2 Å². The maximum Gasteiger partial charge on any atom is 0.273 e. The number of hydrogen-bond acceptors (Lipinski definition) is 4. The van der Waals surface area contributed by atoms with Crippen LogP contribution in [-0.4, -0.2) is 16.7 Å². The van der Waals surface area contributed by atoms with Crippen LogP contribution in [0.1, 0.15) is 11.5 Å². The number of hydrazone groups is 1. The van der Waals surface area contributed by atoms with Crippen molar-refractivity contribution in [3.63, 3.8) is 0 Å². The first-order valence-corrected chi connectivity index (χ1v) is 7.94. The number of carbonyl (C=O) groups is 1. The van der Waals surface area contributed by atoms with Crippen molar-refractivity contribution < 1.29 is 4.79 Å². The first kappa shape index (κ1) is 18.4. The summed E-state index contributed by atoms with van der Waals surface area (Å²) in [4.78, 5) is 12.6. The van der Waals surface area contributed by atoms with Gasteiger partial charge >= 0.3 is 0 Å². The van der Waals surface area contributed by atoms with Crippen LogP contribution >= 0.6 is 23.8 Å². The van der Waals surface area contributed by atoms with Gasteiger partial charge in [0.15, 0.2) is 5.11 Å². The summed E-state index contributed by atoms with van der Waals surface area (Å²) in [6.07, 6.45) is 0. The topological polar surface area (TPSA) is 103 Å². The highest BCUT2D eigenvalue weighted by Gasteiger charge is 2.25. The van der Waals surface area contributed by atoms with Crippen LogP contribution in [0.5, 0.6) is 0 Å². The van der Waals surface area contributed by atoms with Crippen molar-refractivity contribution in [1.29, 1.82) is 5.26 Å². The maximum atomic E-state index is 12.6. The molecule has 2 aromatic rings. The average molecular weight is 372 g/mol. The molecule has 25 heavy (non-hydrogen) atoms. The second-order valence-corrected chi connectivity index (χ2v) is 5.79. The molecule has 126 valence electrons. The van der Waals surface area contributed by atoms with Gasteiger partial charge in [0.1, 0.15) is 11.6 Å². The van der Waals surface area contributed by atoms with Gasteiger partial charge in [0.2, 0.25) is 0 Å². The summed E-state index contributed by atoms with van der Waals surface area (Å²) in [5.74, 6) is -1.47. The number of nitriles is 1. The molecule has 0 aliphatic rings. The van der Waals surface area contributed by atoms with E-state index >= 15 is 0 Å². The Kier molecular flexibility index (Phi) is 6.46. The molecule has 6 nitrogen and oxygen atoms in total. The minimum Gasteiger partial charge on any atom is -0.375 e. The zero-order valence-corrected chi connectivity index (χ0v) is 14.5. The molecule has 0 aliphatic carbocycles. The molecule has 0 heterocycles. The van der Waals surface area contributed by atoms with Gasteiger partial charge in [0.05, 0.1) is 6.07 Å². The van der Waals surface area contributed by atoms with Gasteiger partial charge in [-0.2, -0.15) is 10.4 Å². The highest BCUT2D eigenvalue weighted by atomic mass is 35.5. The Bertz CT molecular complexity index is 848. The molecule has 0 saturated heterocycles. The lowest BCUT2D eigenvalue weighted by Gasteiger charge is -2.13. The van der Waals surface area contributed by atoms with Crippen molar-refractivity contribution in [3.8, 4) is 6.07 Å². The van der Waals surface area contributed by atoms with Crippen LogP contribution in [0.2, 0.25) is 5.02 Å². The lowest BCUT2D eigenvalue weighted by Crippen LogP contribution is -2.33. The zero-order valence-electron chi connectivity index (χ0n) is 12.9. The number of amides is 1. The molecule has 0 aromatic heterocycles. The van der Waals surface area contributed by atoms with E-state index in [9.17, 15) is 10.1 Å². The molecular weight excluding hydrogens is 358 g/mol. The second-order valence-electron chi connectivity index (χ2n) is 4.91. The van der Waals surface area contributed by atoms with E-state index in [1.165, 1.54) is 0 Å². The number of halogens is 1. The number of anilines is 1. The van der Waals surface area contributed by atoms with Crippen LogP contribution in [0.15, 0.2) is 59.7 Å². The van der Waals surface area contributed by atoms with E-state index in [0.29, 0.717) is 16.3 Å². The fourth-order valence-electron chi connectivity index (χ4n) is 2.06. The zero-order chi connectivity index (χ0) is 18.2. The molecule has 0 spiro atoms. The number of nitrogens with zero attached hydrogens (tertiary/aromatic N) is 2. The van der Waals surface area contributed by atoms with Gasteiger partial charge in [-0.15, -0.1) is 0 Å². The van der Waals surface area contributed by atoms with Gasteiger partial charge in [-0.25, -0.2) is 0 Å². The van der Waals surface area contributed by atoms with Crippen molar-refractivity contribution in [3.05, 3.63) is 65.2 Å². The fourth-order valence-corrected chi connectivity index (χ4v) is 2.30.